The molecule has 2 atom stereocenters. The highest BCUT2D eigenvalue weighted by atomic mass is 35.5. The third-order valence-electron chi connectivity index (χ3n) is 2.89. The molecule has 0 radical (unpaired) electrons. The van der Waals surface area contributed by atoms with Gasteiger partial charge in [-0.15, -0.1) is 12.4 Å². The zero-order valence-electron chi connectivity index (χ0n) is 9.23. The predicted molar refractivity (Wildman–Crippen MR) is 63.9 cm³/mol. The van der Waals surface area contributed by atoms with Crippen LogP contribution in [0.15, 0.2) is 23.0 Å². The number of rotatable bonds is 2. The summed E-state index contributed by atoms with van der Waals surface area (Å²) in [5.41, 5.74) is 0.598. The number of amides is 1. The first-order chi connectivity index (χ1) is 7.27. The molecule has 1 aromatic rings. The van der Waals surface area contributed by atoms with Gasteiger partial charge in [-0.05, 0) is 31.5 Å². The smallest absolute Gasteiger partial charge is 0.254 e. The van der Waals surface area contributed by atoms with Crippen molar-refractivity contribution >= 4 is 18.3 Å². The Morgan fingerprint density at radius 3 is 3.06 bits per heavy atom. The lowest BCUT2D eigenvalue weighted by Gasteiger charge is -2.30. The van der Waals surface area contributed by atoms with E-state index < -0.39 is 0 Å². The lowest BCUT2D eigenvalue weighted by atomic mass is 9.95. The molecule has 1 saturated heterocycles. The molecular formula is C11H17ClN2O2. The molecule has 1 amide bonds. The lowest BCUT2D eigenvalue weighted by Crippen LogP contribution is -2.48. The van der Waals surface area contributed by atoms with Gasteiger partial charge in [0, 0.05) is 6.04 Å². The molecule has 0 aromatic carbocycles. The van der Waals surface area contributed by atoms with E-state index in [9.17, 15) is 4.79 Å². The number of piperidine rings is 1. The molecule has 4 nitrogen and oxygen atoms in total. The number of nitrogens with one attached hydrogen (secondary N) is 2. The van der Waals surface area contributed by atoms with Crippen molar-refractivity contribution in [3.05, 3.63) is 24.2 Å². The van der Waals surface area contributed by atoms with E-state index in [1.165, 1.54) is 12.5 Å². The maximum Gasteiger partial charge on any atom is 0.254 e. The Morgan fingerprint density at radius 2 is 2.44 bits per heavy atom. The maximum absolute atomic E-state index is 11.7. The van der Waals surface area contributed by atoms with Gasteiger partial charge in [0.25, 0.3) is 5.91 Å². The highest BCUT2D eigenvalue weighted by Gasteiger charge is 2.23. The number of carbonyl (C=O) groups is 1. The van der Waals surface area contributed by atoms with Crippen molar-refractivity contribution in [3.63, 3.8) is 0 Å². The van der Waals surface area contributed by atoms with E-state index in [2.05, 4.69) is 17.6 Å². The number of hydrogen-bond donors (Lipinski definition) is 2. The Morgan fingerprint density at radius 1 is 1.62 bits per heavy atom. The molecule has 0 spiro atoms. The molecule has 2 N–H and O–H groups in total. The van der Waals surface area contributed by atoms with Crippen molar-refractivity contribution in [1.82, 2.24) is 10.6 Å². The summed E-state index contributed by atoms with van der Waals surface area (Å²) in [5, 5.41) is 6.33. The Balaban J connectivity index is 0.00000128. The molecule has 2 unspecified atom stereocenters. The molecule has 2 rings (SSSR count). The van der Waals surface area contributed by atoms with Crippen LogP contribution in [0.4, 0.5) is 0 Å². The van der Waals surface area contributed by atoms with E-state index in [1.807, 2.05) is 0 Å². The van der Waals surface area contributed by atoms with E-state index in [1.54, 1.807) is 6.07 Å². The second-order valence-corrected chi connectivity index (χ2v) is 4.06. The summed E-state index contributed by atoms with van der Waals surface area (Å²) in [4.78, 5) is 11.7. The molecule has 5 heteroatoms. The molecule has 2 heterocycles. The number of furan rings is 1. The van der Waals surface area contributed by atoms with Gasteiger partial charge < -0.3 is 15.1 Å². The zero-order valence-corrected chi connectivity index (χ0v) is 10.0. The topological polar surface area (TPSA) is 54.3 Å². The number of carbonyl (C=O) groups excluding carboxylic acids is 1. The number of halogens is 1. The summed E-state index contributed by atoms with van der Waals surface area (Å²) in [6, 6.07) is 1.95. The van der Waals surface area contributed by atoms with E-state index >= 15 is 0 Å². The minimum Gasteiger partial charge on any atom is -0.472 e. The van der Waals surface area contributed by atoms with Crippen LogP contribution in [0.5, 0.6) is 0 Å². The second kappa shape index (κ2) is 5.92. The van der Waals surface area contributed by atoms with Gasteiger partial charge in [-0.2, -0.15) is 0 Å². The highest BCUT2D eigenvalue weighted by molar-refractivity contribution is 5.93. The van der Waals surface area contributed by atoms with Crippen molar-refractivity contribution in [2.45, 2.75) is 19.4 Å². The van der Waals surface area contributed by atoms with Gasteiger partial charge >= 0.3 is 0 Å². The molecule has 0 saturated carbocycles. The maximum atomic E-state index is 11.7. The summed E-state index contributed by atoms with van der Waals surface area (Å²) < 4.78 is 4.88. The average molecular weight is 245 g/mol. The van der Waals surface area contributed by atoms with Gasteiger partial charge in [-0.1, -0.05) is 6.92 Å². The van der Waals surface area contributed by atoms with Gasteiger partial charge in [0.1, 0.15) is 6.26 Å². The van der Waals surface area contributed by atoms with E-state index in [-0.39, 0.29) is 24.4 Å². The third-order valence-corrected chi connectivity index (χ3v) is 2.89. The molecule has 0 bridgehead atoms. The van der Waals surface area contributed by atoms with Crippen LogP contribution in [0, 0.1) is 5.92 Å². The molecule has 1 fully saturated rings. The van der Waals surface area contributed by atoms with Crippen molar-refractivity contribution < 1.29 is 9.21 Å². The van der Waals surface area contributed by atoms with Gasteiger partial charge in [0.05, 0.1) is 11.8 Å². The molecular weight excluding hydrogens is 228 g/mol. The van der Waals surface area contributed by atoms with Crippen molar-refractivity contribution in [2.24, 2.45) is 5.92 Å². The quantitative estimate of drug-likeness (QED) is 0.828. The first kappa shape index (κ1) is 13.1. The highest BCUT2D eigenvalue weighted by Crippen LogP contribution is 2.11. The fraction of sp³-hybridized carbons (Fsp3) is 0.545. The summed E-state index contributed by atoms with van der Waals surface area (Å²) in [7, 11) is 0. The molecule has 16 heavy (non-hydrogen) atoms. The van der Waals surface area contributed by atoms with Crippen LogP contribution < -0.4 is 10.6 Å². The second-order valence-electron chi connectivity index (χ2n) is 4.06. The lowest BCUT2D eigenvalue weighted by molar-refractivity contribution is 0.0913. The van der Waals surface area contributed by atoms with Crippen LogP contribution in [0.25, 0.3) is 0 Å². The summed E-state index contributed by atoms with van der Waals surface area (Å²) in [6.45, 7) is 4.09. The Kier molecular flexibility index (Phi) is 4.83. The first-order valence-corrected chi connectivity index (χ1v) is 5.31. The summed E-state index contributed by atoms with van der Waals surface area (Å²) in [5.74, 6) is 0.442. The Labute approximate surface area is 101 Å². The normalized spacial score (nSPS) is 24.6. The minimum absolute atomic E-state index is 0. The minimum atomic E-state index is -0.0394. The van der Waals surface area contributed by atoms with Gasteiger partial charge in [0.2, 0.25) is 0 Å². The standard InChI is InChI=1S/C11H16N2O2.ClH/c1-8-6-12-4-2-10(8)13-11(14)9-3-5-15-7-9;/h3,5,7-8,10,12H,2,4,6H2,1H3,(H,13,14);1H. The van der Waals surface area contributed by atoms with Crippen LogP contribution in [0.1, 0.15) is 23.7 Å². The van der Waals surface area contributed by atoms with Crippen molar-refractivity contribution in [1.29, 1.82) is 0 Å². The predicted octanol–water partition coefficient (Wildman–Crippen LogP) is 1.43. The van der Waals surface area contributed by atoms with Crippen LogP contribution in [0.3, 0.4) is 0 Å². The fourth-order valence-corrected chi connectivity index (χ4v) is 1.87. The summed E-state index contributed by atoms with van der Waals surface area (Å²) >= 11 is 0. The third kappa shape index (κ3) is 3.00. The average Bonchev–Trinajstić information content (AvgIpc) is 2.74. The van der Waals surface area contributed by atoms with E-state index in [0.717, 1.165) is 19.5 Å². The molecule has 1 aromatic heterocycles. The first-order valence-electron chi connectivity index (χ1n) is 5.31. The van der Waals surface area contributed by atoms with Gasteiger partial charge in [0.15, 0.2) is 0 Å². The van der Waals surface area contributed by atoms with Gasteiger partial charge in [-0.25, -0.2) is 0 Å². The molecule has 0 aliphatic carbocycles. The van der Waals surface area contributed by atoms with Crippen LogP contribution in [-0.4, -0.2) is 25.0 Å². The Hall–Kier alpha value is -1.00. The molecule has 1 aliphatic heterocycles. The van der Waals surface area contributed by atoms with Crippen molar-refractivity contribution in [3.8, 4) is 0 Å². The number of hydrogen-bond acceptors (Lipinski definition) is 3. The van der Waals surface area contributed by atoms with Crippen molar-refractivity contribution in [2.75, 3.05) is 13.1 Å². The van der Waals surface area contributed by atoms with Crippen LogP contribution in [-0.2, 0) is 0 Å². The largest absolute Gasteiger partial charge is 0.472 e. The SMILES string of the molecule is CC1CNCCC1NC(=O)c1ccoc1.Cl. The van der Waals surface area contributed by atoms with Crippen LogP contribution in [0.2, 0.25) is 0 Å². The van der Waals surface area contributed by atoms with E-state index in [4.69, 9.17) is 4.42 Å². The molecule has 90 valence electrons. The summed E-state index contributed by atoms with van der Waals surface area (Å²) in [6.07, 6.45) is 3.98. The monoisotopic (exact) mass is 244 g/mol. The van der Waals surface area contributed by atoms with Crippen LogP contribution >= 0.6 is 12.4 Å². The van der Waals surface area contributed by atoms with Gasteiger partial charge in [-0.3, -0.25) is 4.79 Å². The van der Waals surface area contributed by atoms with E-state index in [0.29, 0.717) is 11.5 Å². The fourth-order valence-electron chi connectivity index (χ4n) is 1.87. The molecule has 1 aliphatic rings. The zero-order chi connectivity index (χ0) is 10.7. The Bertz CT molecular complexity index is 327.